The van der Waals surface area contributed by atoms with Crippen molar-refractivity contribution in [1.82, 2.24) is 4.98 Å². The van der Waals surface area contributed by atoms with Crippen molar-refractivity contribution in [3.63, 3.8) is 0 Å². The topological polar surface area (TPSA) is 88.4 Å². The Bertz CT molecular complexity index is 1030. The summed E-state index contributed by atoms with van der Waals surface area (Å²) >= 11 is 1.38. The van der Waals surface area contributed by atoms with Crippen molar-refractivity contribution < 1.29 is 9.72 Å². The van der Waals surface area contributed by atoms with E-state index in [0.717, 1.165) is 21.3 Å². The number of nitrogens with zero attached hydrogens (tertiary/aromatic N) is 3. The summed E-state index contributed by atoms with van der Waals surface area (Å²) in [5.74, 6) is -0.424. The van der Waals surface area contributed by atoms with Crippen LogP contribution in [0.25, 0.3) is 10.2 Å². The molecule has 0 radical (unpaired) electrons. The summed E-state index contributed by atoms with van der Waals surface area (Å²) in [4.78, 5) is 29.4. The Morgan fingerprint density at radius 1 is 1.23 bits per heavy atom. The molecule has 0 atom stereocenters. The van der Waals surface area contributed by atoms with Gasteiger partial charge in [-0.3, -0.25) is 20.2 Å². The molecule has 0 bridgehead atoms. The van der Waals surface area contributed by atoms with Gasteiger partial charge >= 0.3 is 0 Å². The summed E-state index contributed by atoms with van der Waals surface area (Å²) in [6, 6.07) is 8.48. The van der Waals surface area contributed by atoms with Gasteiger partial charge in [0.2, 0.25) is 0 Å². The van der Waals surface area contributed by atoms with E-state index in [1.54, 1.807) is 31.1 Å². The molecule has 0 unspecified atom stereocenters. The van der Waals surface area contributed by atoms with Crippen LogP contribution in [0.2, 0.25) is 0 Å². The van der Waals surface area contributed by atoms with Crippen molar-refractivity contribution in [2.75, 3.05) is 24.3 Å². The lowest BCUT2D eigenvalue weighted by Crippen LogP contribution is -2.14. The standard InChI is InChI=1S/C18H18N4O3S/c1-10-7-11(2)16-15(8-10)26-18(19-16)20-17(23)12-5-6-13(21(3)4)14(9-12)22(24)25/h5-9H,1-4H3,(H,19,20,23). The first-order valence-corrected chi connectivity index (χ1v) is 8.73. The van der Waals surface area contributed by atoms with Gasteiger partial charge in [0.25, 0.3) is 11.6 Å². The normalized spacial score (nSPS) is 10.8. The minimum atomic E-state index is -0.490. The molecule has 1 heterocycles. The zero-order chi connectivity index (χ0) is 19.0. The van der Waals surface area contributed by atoms with E-state index in [4.69, 9.17) is 0 Å². The third-order valence-corrected chi connectivity index (χ3v) is 4.88. The summed E-state index contributed by atoms with van der Waals surface area (Å²) in [6.45, 7) is 3.99. The molecule has 3 aromatic rings. The highest BCUT2D eigenvalue weighted by atomic mass is 32.1. The zero-order valence-electron chi connectivity index (χ0n) is 14.9. The molecule has 8 heteroatoms. The van der Waals surface area contributed by atoms with E-state index in [1.807, 2.05) is 26.0 Å². The molecule has 26 heavy (non-hydrogen) atoms. The van der Waals surface area contributed by atoms with E-state index in [-0.39, 0.29) is 11.3 Å². The van der Waals surface area contributed by atoms with Crippen molar-refractivity contribution >= 4 is 44.0 Å². The van der Waals surface area contributed by atoms with Gasteiger partial charge in [-0.05, 0) is 43.2 Å². The molecule has 2 aromatic carbocycles. The quantitative estimate of drug-likeness (QED) is 0.551. The van der Waals surface area contributed by atoms with E-state index in [1.165, 1.54) is 17.4 Å². The van der Waals surface area contributed by atoms with Crippen molar-refractivity contribution in [1.29, 1.82) is 0 Å². The van der Waals surface area contributed by atoms with E-state index in [9.17, 15) is 14.9 Å². The Hall–Kier alpha value is -3.00. The Kier molecular flexibility index (Phi) is 4.60. The monoisotopic (exact) mass is 370 g/mol. The number of fused-ring (bicyclic) bond motifs is 1. The highest BCUT2D eigenvalue weighted by Crippen LogP contribution is 2.31. The van der Waals surface area contributed by atoms with Gasteiger partial charge in [-0.25, -0.2) is 4.98 Å². The lowest BCUT2D eigenvalue weighted by Gasteiger charge is -2.13. The Morgan fingerprint density at radius 2 is 1.96 bits per heavy atom. The summed E-state index contributed by atoms with van der Waals surface area (Å²) in [5, 5.41) is 14.5. The van der Waals surface area contributed by atoms with Crippen LogP contribution < -0.4 is 10.2 Å². The first-order valence-electron chi connectivity index (χ1n) is 7.91. The highest BCUT2D eigenvalue weighted by Gasteiger charge is 2.19. The summed E-state index contributed by atoms with van der Waals surface area (Å²) in [6.07, 6.45) is 0. The molecule has 0 fully saturated rings. The number of nitro benzene ring substituents is 1. The number of amides is 1. The molecule has 7 nitrogen and oxygen atoms in total. The fourth-order valence-electron chi connectivity index (χ4n) is 2.78. The van der Waals surface area contributed by atoms with Gasteiger partial charge in [-0.15, -0.1) is 0 Å². The molecule has 1 aromatic heterocycles. The fourth-order valence-corrected chi connectivity index (χ4v) is 3.82. The fraction of sp³-hybridized carbons (Fsp3) is 0.222. The molecule has 0 saturated carbocycles. The number of hydrogen-bond acceptors (Lipinski definition) is 6. The van der Waals surface area contributed by atoms with Crippen LogP contribution in [0.3, 0.4) is 0 Å². The maximum absolute atomic E-state index is 12.5. The Morgan fingerprint density at radius 3 is 2.62 bits per heavy atom. The number of anilines is 2. The number of nitrogens with one attached hydrogen (secondary N) is 1. The Labute approximate surface area is 154 Å². The second-order valence-electron chi connectivity index (χ2n) is 6.26. The smallest absolute Gasteiger partial charge is 0.293 e. The molecule has 0 aliphatic heterocycles. The lowest BCUT2D eigenvalue weighted by molar-refractivity contribution is -0.384. The second-order valence-corrected chi connectivity index (χ2v) is 7.29. The first-order chi connectivity index (χ1) is 12.3. The van der Waals surface area contributed by atoms with E-state index < -0.39 is 10.8 Å². The first kappa shape index (κ1) is 17.8. The SMILES string of the molecule is Cc1cc(C)c2nc(NC(=O)c3ccc(N(C)C)c([N+](=O)[O-])c3)sc2c1. The van der Waals surface area contributed by atoms with Gasteiger partial charge in [0.05, 0.1) is 15.1 Å². The number of benzene rings is 2. The van der Waals surface area contributed by atoms with Gasteiger partial charge in [-0.1, -0.05) is 17.4 Å². The van der Waals surface area contributed by atoms with Crippen LogP contribution in [-0.2, 0) is 0 Å². The van der Waals surface area contributed by atoms with Gasteiger partial charge in [-0.2, -0.15) is 0 Å². The van der Waals surface area contributed by atoms with Crippen LogP contribution in [-0.4, -0.2) is 29.9 Å². The number of nitro groups is 1. The van der Waals surface area contributed by atoms with Crippen molar-refractivity contribution in [2.24, 2.45) is 0 Å². The van der Waals surface area contributed by atoms with Crippen LogP contribution >= 0.6 is 11.3 Å². The number of aromatic nitrogens is 1. The van der Waals surface area contributed by atoms with E-state index >= 15 is 0 Å². The molecular weight excluding hydrogens is 352 g/mol. The van der Waals surface area contributed by atoms with Gasteiger partial charge in [0.15, 0.2) is 5.13 Å². The molecule has 134 valence electrons. The van der Waals surface area contributed by atoms with Gasteiger partial charge in [0.1, 0.15) is 5.69 Å². The van der Waals surface area contributed by atoms with Crippen LogP contribution in [0.5, 0.6) is 0 Å². The van der Waals surface area contributed by atoms with Crippen molar-refractivity contribution in [2.45, 2.75) is 13.8 Å². The zero-order valence-corrected chi connectivity index (χ0v) is 15.7. The maximum atomic E-state index is 12.5. The van der Waals surface area contributed by atoms with Crippen molar-refractivity contribution in [3.05, 3.63) is 57.1 Å². The number of rotatable bonds is 4. The minimum Gasteiger partial charge on any atom is -0.372 e. The average molecular weight is 370 g/mol. The van der Waals surface area contributed by atoms with Crippen LogP contribution in [0.4, 0.5) is 16.5 Å². The molecule has 3 rings (SSSR count). The average Bonchev–Trinajstić information content (AvgIpc) is 2.96. The summed E-state index contributed by atoms with van der Waals surface area (Å²) < 4.78 is 0.992. The van der Waals surface area contributed by atoms with Crippen molar-refractivity contribution in [3.8, 4) is 0 Å². The van der Waals surface area contributed by atoms with Crippen LogP contribution in [0.15, 0.2) is 30.3 Å². The molecule has 1 amide bonds. The molecule has 0 saturated heterocycles. The molecule has 0 aliphatic rings. The predicted molar refractivity (Wildman–Crippen MR) is 104 cm³/mol. The largest absolute Gasteiger partial charge is 0.372 e. The van der Waals surface area contributed by atoms with Gasteiger partial charge in [0, 0.05) is 25.7 Å². The van der Waals surface area contributed by atoms with Crippen LogP contribution in [0, 0.1) is 24.0 Å². The molecule has 0 aliphatic carbocycles. The van der Waals surface area contributed by atoms with E-state index in [0.29, 0.717) is 10.8 Å². The number of carbonyl (C=O) groups excluding carboxylic acids is 1. The van der Waals surface area contributed by atoms with E-state index in [2.05, 4.69) is 10.3 Å². The number of aryl methyl sites for hydroxylation is 2. The second kappa shape index (κ2) is 6.72. The summed E-state index contributed by atoms with van der Waals surface area (Å²) in [5.41, 5.74) is 3.57. The molecule has 0 spiro atoms. The third-order valence-electron chi connectivity index (χ3n) is 3.97. The predicted octanol–water partition coefficient (Wildman–Crippen LogP) is 4.14. The Balaban J connectivity index is 1.92. The number of carbonyl (C=O) groups is 1. The molecule has 1 N–H and O–H groups in total. The van der Waals surface area contributed by atoms with Crippen LogP contribution in [0.1, 0.15) is 21.5 Å². The minimum absolute atomic E-state index is 0.113. The lowest BCUT2D eigenvalue weighted by atomic mass is 10.1. The number of hydrogen-bond donors (Lipinski definition) is 1. The number of thiazole rings is 1. The summed E-state index contributed by atoms with van der Waals surface area (Å²) in [7, 11) is 3.43. The molecular formula is C18H18N4O3S. The third kappa shape index (κ3) is 3.36. The van der Waals surface area contributed by atoms with Gasteiger partial charge < -0.3 is 4.90 Å². The maximum Gasteiger partial charge on any atom is 0.293 e. The highest BCUT2D eigenvalue weighted by molar-refractivity contribution is 7.22.